The molecule has 0 bridgehead atoms. The first-order valence-electron chi connectivity index (χ1n) is 7.66. The number of quaternary nitrogens is 1. The Bertz CT molecular complexity index is 216. The van der Waals surface area contributed by atoms with E-state index >= 15 is 0 Å². The molecule has 1 atom stereocenters. The maximum atomic E-state index is 11.5. The summed E-state index contributed by atoms with van der Waals surface area (Å²) in [5.74, 6) is -0.615. The molecule has 0 radical (unpaired) electrons. The minimum atomic E-state index is -0.615. The van der Waals surface area contributed by atoms with Gasteiger partial charge in [0.05, 0.1) is 19.6 Å². The van der Waals surface area contributed by atoms with E-state index in [2.05, 4.69) is 27.7 Å². The van der Waals surface area contributed by atoms with E-state index in [1.165, 1.54) is 25.7 Å². The summed E-state index contributed by atoms with van der Waals surface area (Å²) < 4.78 is 0.725. The van der Waals surface area contributed by atoms with Crippen molar-refractivity contribution in [3.8, 4) is 0 Å². The number of rotatable bonds is 11. The minimum absolute atomic E-state index is 0.216. The summed E-state index contributed by atoms with van der Waals surface area (Å²) in [5, 5.41) is 9.49. The fourth-order valence-electron chi connectivity index (χ4n) is 2.90. The molecule has 0 aromatic rings. The fraction of sp³-hybridized carbons (Fsp3) is 0.933. The Morgan fingerprint density at radius 3 is 1.83 bits per heavy atom. The number of aliphatic carboxylic acids is 1. The van der Waals surface area contributed by atoms with E-state index in [1.807, 2.05) is 0 Å². The van der Waals surface area contributed by atoms with E-state index in [0.717, 1.165) is 37.0 Å². The molecule has 0 rings (SSSR count). The van der Waals surface area contributed by atoms with Crippen molar-refractivity contribution >= 4 is 5.97 Å². The Hall–Kier alpha value is -0.570. The van der Waals surface area contributed by atoms with Crippen LogP contribution in [0.25, 0.3) is 0 Å². The van der Waals surface area contributed by atoms with E-state index in [-0.39, 0.29) is 6.04 Å². The van der Waals surface area contributed by atoms with Crippen molar-refractivity contribution in [1.82, 2.24) is 0 Å². The maximum Gasteiger partial charge on any atom is 0.362 e. The van der Waals surface area contributed by atoms with Gasteiger partial charge >= 0.3 is 5.97 Å². The minimum Gasteiger partial charge on any atom is -0.477 e. The average molecular weight is 258 g/mol. The zero-order valence-electron chi connectivity index (χ0n) is 12.7. The molecular formula is C15H32NO2+. The largest absolute Gasteiger partial charge is 0.477 e. The Kier molecular flexibility index (Phi) is 9.08. The summed E-state index contributed by atoms with van der Waals surface area (Å²) in [6.45, 7) is 11.3. The quantitative estimate of drug-likeness (QED) is 0.453. The van der Waals surface area contributed by atoms with E-state index in [1.54, 1.807) is 0 Å². The van der Waals surface area contributed by atoms with Gasteiger partial charge in [0, 0.05) is 6.42 Å². The molecule has 18 heavy (non-hydrogen) atoms. The number of hydrogen-bond donors (Lipinski definition) is 1. The summed E-state index contributed by atoms with van der Waals surface area (Å²) in [7, 11) is 0. The first kappa shape index (κ1) is 17.4. The highest BCUT2D eigenvalue weighted by atomic mass is 16.4. The van der Waals surface area contributed by atoms with Crippen LogP contribution in [0.4, 0.5) is 0 Å². The van der Waals surface area contributed by atoms with Crippen molar-refractivity contribution in [3.63, 3.8) is 0 Å². The molecule has 0 saturated carbocycles. The number of unbranched alkanes of at least 4 members (excludes halogenated alkanes) is 4. The normalized spacial score (nSPS) is 13.6. The van der Waals surface area contributed by atoms with Gasteiger partial charge in [-0.05, 0) is 27.2 Å². The molecule has 0 aromatic carbocycles. The molecule has 1 unspecified atom stereocenters. The van der Waals surface area contributed by atoms with Crippen molar-refractivity contribution in [3.05, 3.63) is 0 Å². The first-order chi connectivity index (χ1) is 8.57. The Balaban J connectivity index is 4.41. The molecule has 0 saturated heterocycles. The summed E-state index contributed by atoms with van der Waals surface area (Å²) in [4.78, 5) is 11.5. The molecule has 1 N–H and O–H groups in total. The number of likely N-dealkylation sites (N-methyl/N-ethyl adjacent to an activating group) is 1. The molecule has 0 spiro atoms. The number of hydrogen-bond acceptors (Lipinski definition) is 1. The molecule has 0 aliphatic carbocycles. The molecule has 0 heterocycles. The lowest BCUT2D eigenvalue weighted by atomic mass is 10.0. The van der Waals surface area contributed by atoms with Gasteiger partial charge in [-0.15, -0.1) is 0 Å². The number of nitrogens with zero attached hydrogens (tertiary/aromatic N) is 1. The van der Waals surface area contributed by atoms with Gasteiger partial charge in [-0.25, -0.2) is 4.79 Å². The molecule has 0 amide bonds. The predicted molar refractivity (Wildman–Crippen MR) is 76.7 cm³/mol. The smallest absolute Gasteiger partial charge is 0.362 e. The van der Waals surface area contributed by atoms with Gasteiger partial charge in [0.2, 0.25) is 0 Å². The highest BCUT2D eigenvalue weighted by Gasteiger charge is 2.37. The van der Waals surface area contributed by atoms with Gasteiger partial charge in [-0.2, -0.15) is 0 Å². The van der Waals surface area contributed by atoms with Crippen LogP contribution in [0.1, 0.15) is 66.2 Å². The molecule has 0 aliphatic rings. The predicted octanol–water partition coefficient (Wildman–Crippen LogP) is 3.68. The van der Waals surface area contributed by atoms with Crippen LogP contribution in [0, 0.1) is 0 Å². The van der Waals surface area contributed by atoms with E-state index in [9.17, 15) is 9.90 Å². The van der Waals surface area contributed by atoms with Gasteiger partial charge in [-0.1, -0.05) is 32.6 Å². The highest BCUT2D eigenvalue weighted by Crippen LogP contribution is 2.20. The van der Waals surface area contributed by atoms with Crippen LogP contribution in [0.15, 0.2) is 0 Å². The molecule has 108 valence electrons. The number of carboxylic acids is 1. The Morgan fingerprint density at radius 1 is 0.944 bits per heavy atom. The molecule has 0 aliphatic heterocycles. The fourth-order valence-corrected chi connectivity index (χ4v) is 2.90. The van der Waals surface area contributed by atoms with Crippen LogP contribution in [0.3, 0.4) is 0 Å². The van der Waals surface area contributed by atoms with Crippen LogP contribution < -0.4 is 0 Å². The number of carboxylic acid groups (broad SMARTS) is 1. The lowest BCUT2D eigenvalue weighted by Crippen LogP contribution is -2.58. The van der Waals surface area contributed by atoms with Crippen molar-refractivity contribution in [2.24, 2.45) is 0 Å². The second kappa shape index (κ2) is 9.37. The Morgan fingerprint density at radius 2 is 1.44 bits per heavy atom. The summed E-state index contributed by atoms with van der Waals surface area (Å²) >= 11 is 0. The van der Waals surface area contributed by atoms with Crippen LogP contribution in [-0.4, -0.2) is 41.2 Å². The first-order valence-corrected chi connectivity index (χ1v) is 7.66. The van der Waals surface area contributed by atoms with Crippen LogP contribution in [-0.2, 0) is 4.79 Å². The van der Waals surface area contributed by atoms with E-state index < -0.39 is 5.97 Å². The second-order valence-electron chi connectivity index (χ2n) is 5.22. The molecule has 0 aromatic heterocycles. The van der Waals surface area contributed by atoms with Crippen LogP contribution in [0.5, 0.6) is 0 Å². The topological polar surface area (TPSA) is 37.3 Å². The van der Waals surface area contributed by atoms with Crippen LogP contribution in [0.2, 0.25) is 0 Å². The van der Waals surface area contributed by atoms with Gasteiger partial charge in [0.1, 0.15) is 0 Å². The van der Waals surface area contributed by atoms with Crippen LogP contribution >= 0.6 is 0 Å². The standard InChI is InChI=1S/C15H31NO2/c1-5-9-10-11-12-13-14(15(17)18)16(6-2,7-3)8-4/h14H,5-13H2,1-4H3/p+1. The Labute approximate surface area is 113 Å². The SMILES string of the molecule is CCCCCCCC(C(=O)O)[N+](CC)(CC)CC. The molecule has 3 heteroatoms. The third-order valence-electron chi connectivity index (χ3n) is 4.42. The van der Waals surface area contributed by atoms with E-state index in [0.29, 0.717) is 0 Å². The third kappa shape index (κ3) is 4.97. The van der Waals surface area contributed by atoms with Crippen molar-refractivity contribution in [2.45, 2.75) is 72.3 Å². The van der Waals surface area contributed by atoms with Crippen molar-refractivity contribution < 1.29 is 14.4 Å². The van der Waals surface area contributed by atoms with Gasteiger partial charge < -0.3 is 9.59 Å². The average Bonchev–Trinajstić information content (AvgIpc) is 2.38. The third-order valence-corrected chi connectivity index (χ3v) is 4.42. The lowest BCUT2D eigenvalue weighted by molar-refractivity contribution is -0.939. The zero-order valence-corrected chi connectivity index (χ0v) is 12.7. The summed E-state index contributed by atoms with van der Waals surface area (Å²) in [6, 6.07) is -0.216. The zero-order chi connectivity index (χ0) is 14.0. The van der Waals surface area contributed by atoms with Crippen molar-refractivity contribution in [1.29, 1.82) is 0 Å². The summed E-state index contributed by atoms with van der Waals surface area (Å²) in [6.07, 6.45) is 6.81. The van der Waals surface area contributed by atoms with Gasteiger partial charge in [0.25, 0.3) is 0 Å². The van der Waals surface area contributed by atoms with Gasteiger partial charge in [0.15, 0.2) is 6.04 Å². The number of carbonyl (C=O) groups is 1. The second-order valence-corrected chi connectivity index (χ2v) is 5.22. The lowest BCUT2D eigenvalue weighted by Gasteiger charge is -2.40. The molecular weight excluding hydrogens is 226 g/mol. The van der Waals surface area contributed by atoms with Gasteiger partial charge in [-0.3, -0.25) is 0 Å². The van der Waals surface area contributed by atoms with Crippen molar-refractivity contribution in [2.75, 3.05) is 19.6 Å². The molecule has 0 fully saturated rings. The molecule has 3 nitrogen and oxygen atoms in total. The summed E-state index contributed by atoms with van der Waals surface area (Å²) in [5.41, 5.74) is 0. The van der Waals surface area contributed by atoms with E-state index in [4.69, 9.17) is 0 Å². The highest BCUT2D eigenvalue weighted by molar-refractivity contribution is 5.72. The monoisotopic (exact) mass is 258 g/mol. The maximum absolute atomic E-state index is 11.5.